The van der Waals surface area contributed by atoms with Crippen molar-refractivity contribution in [2.75, 3.05) is 26.2 Å². The van der Waals surface area contributed by atoms with Crippen LogP contribution in [0.25, 0.3) is 20.5 Å². The van der Waals surface area contributed by atoms with Crippen molar-refractivity contribution in [3.63, 3.8) is 0 Å². The molecule has 5 N–H and O–H groups in total. The lowest BCUT2D eigenvalue weighted by atomic mass is 9.96. The number of carbonyl (C=O) groups excluding carboxylic acids is 2. The summed E-state index contributed by atoms with van der Waals surface area (Å²) >= 11 is 1.68. The summed E-state index contributed by atoms with van der Waals surface area (Å²) < 4.78 is 7.00. The number of phenols is 1. The van der Waals surface area contributed by atoms with Crippen molar-refractivity contribution < 1.29 is 59.0 Å². The lowest BCUT2D eigenvalue weighted by Gasteiger charge is -2.17. The molecule has 0 spiro atoms. The number of benzene rings is 4. The zero-order chi connectivity index (χ0) is 40.5. The van der Waals surface area contributed by atoms with Crippen LogP contribution in [0.1, 0.15) is 55.8 Å². The number of aromatic hydroxyl groups is 1. The van der Waals surface area contributed by atoms with E-state index in [4.69, 9.17) is 44.3 Å². The van der Waals surface area contributed by atoms with Crippen LogP contribution in [0.15, 0.2) is 84.9 Å². The Balaban J connectivity index is 0.000000437. The van der Waals surface area contributed by atoms with E-state index >= 15 is 0 Å². The summed E-state index contributed by atoms with van der Waals surface area (Å²) in [6, 6.07) is 27.4. The van der Waals surface area contributed by atoms with Gasteiger partial charge in [-0.15, -0.1) is 11.3 Å². The molecule has 0 atom stereocenters. The van der Waals surface area contributed by atoms with Crippen molar-refractivity contribution >= 4 is 57.1 Å². The maximum Gasteiger partial charge on any atom is 0.414 e. The van der Waals surface area contributed by atoms with Crippen molar-refractivity contribution in [2.24, 2.45) is 0 Å². The molecule has 4 aromatic carbocycles. The van der Waals surface area contributed by atoms with Gasteiger partial charge in [-0.1, -0.05) is 30.3 Å². The standard InChI is InChI=1S/C37H34N2O4S.2C2H2O4/c1-24-20-25(8-9-27(24)23-38-16-4-5-17-38)21-33-30-15-12-28(40)22-34(30)44-35(33)26-10-13-29(14-11-26)43-19-18-39-36(41)31-6-2-3-7-32(31)37(39)42;2*3-1(4)2(5)6/h2-3,6-15,20,22,40H,4-5,16-19,21,23H2,1H3;2*(H,3,4)(H,5,6). The van der Waals surface area contributed by atoms with Gasteiger partial charge in [0.1, 0.15) is 18.1 Å². The highest BCUT2D eigenvalue weighted by Gasteiger charge is 2.34. The van der Waals surface area contributed by atoms with Gasteiger partial charge in [0.2, 0.25) is 0 Å². The molecule has 0 radical (unpaired) electrons. The highest BCUT2D eigenvalue weighted by atomic mass is 32.1. The zero-order valence-electron chi connectivity index (χ0n) is 30.1. The molecule has 2 amide bonds. The fraction of sp³-hybridized carbons (Fsp3) is 0.220. The van der Waals surface area contributed by atoms with Crippen molar-refractivity contribution in [2.45, 2.75) is 32.7 Å². The van der Waals surface area contributed by atoms with Crippen molar-refractivity contribution in [1.82, 2.24) is 9.80 Å². The highest BCUT2D eigenvalue weighted by Crippen LogP contribution is 2.41. The Bertz CT molecular complexity index is 2210. The Morgan fingerprint density at radius 2 is 1.34 bits per heavy atom. The number of imide groups is 1. The van der Waals surface area contributed by atoms with Gasteiger partial charge in [-0.25, -0.2) is 19.2 Å². The van der Waals surface area contributed by atoms with E-state index in [1.54, 1.807) is 41.7 Å². The molecule has 1 aromatic heterocycles. The third-order valence-corrected chi connectivity index (χ3v) is 10.3. The minimum absolute atomic E-state index is 0.189. The van der Waals surface area contributed by atoms with Gasteiger partial charge >= 0.3 is 23.9 Å². The fourth-order valence-electron chi connectivity index (χ4n) is 6.38. The van der Waals surface area contributed by atoms with Gasteiger partial charge in [-0.05, 0) is 127 Å². The number of nitrogens with zero attached hydrogens (tertiary/aromatic N) is 2. The number of aryl methyl sites for hydroxylation is 1. The predicted molar refractivity (Wildman–Crippen MR) is 205 cm³/mol. The Labute approximate surface area is 324 Å². The fourth-order valence-corrected chi connectivity index (χ4v) is 7.64. The van der Waals surface area contributed by atoms with Crippen molar-refractivity contribution in [1.29, 1.82) is 0 Å². The number of rotatable bonds is 9. The van der Waals surface area contributed by atoms with Crippen molar-refractivity contribution in [3.8, 4) is 21.9 Å². The number of fused-ring (bicyclic) bond motifs is 2. The summed E-state index contributed by atoms with van der Waals surface area (Å²) in [5, 5.41) is 40.9. The average Bonchev–Trinajstić information content (AvgIpc) is 3.87. The summed E-state index contributed by atoms with van der Waals surface area (Å²) in [6.07, 6.45) is 3.39. The molecule has 56 heavy (non-hydrogen) atoms. The number of phenolic OH excluding ortho intramolecular Hbond substituents is 1. The zero-order valence-corrected chi connectivity index (χ0v) is 31.0. The van der Waals surface area contributed by atoms with E-state index < -0.39 is 23.9 Å². The van der Waals surface area contributed by atoms with Crippen LogP contribution in [-0.2, 0) is 32.1 Å². The summed E-state index contributed by atoms with van der Waals surface area (Å²) in [5.41, 5.74) is 7.22. The quantitative estimate of drug-likeness (QED) is 0.0889. The first-order valence-corrected chi connectivity index (χ1v) is 18.2. The van der Waals surface area contributed by atoms with Crippen LogP contribution >= 0.6 is 11.3 Å². The molecule has 0 unspecified atom stereocenters. The monoisotopic (exact) mass is 782 g/mol. The molecule has 15 heteroatoms. The molecule has 290 valence electrons. The van der Waals surface area contributed by atoms with Gasteiger partial charge in [0, 0.05) is 16.1 Å². The number of carbonyl (C=O) groups is 6. The summed E-state index contributed by atoms with van der Waals surface area (Å²) in [6.45, 7) is 6.01. The molecule has 7 rings (SSSR count). The maximum atomic E-state index is 12.6. The van der Waals surface area contributed by atoms with Gasteiger partial charge < -0.3 is 30.3 Å². The second-order valence-corrected chi connectivity index (χ2v) is 14.0. The first kappa shape index (κ1) is 40.6. The van der Waals surface area contributed by atoms with Gasteiger partial charge in [-0.3, -0.25) is 19.4 Å². The molecule has 0 bridgehead atoms. The molecule has 1 fully saturated rings. The highest BCUT2D eigenvalue weighted by molar-refractivity contribution is 7.22. The molecule has 3 heterocycles. The number of carboxylic acids is 4. The number of aliphatic carboxylic acids is 4. The average molecular weight is 783 g/mol. The van der Waals surface area contributed by atoms with Crippen LogP contribution in [0.3, 0.4) is 0 Å². The van der Waals surface area contributed by atoms with Crippen LogP contribution in [-0.4, -0.2) is 97.3 Å². The topological polar surface area (TPSA) is 219 Å². The largest absolute Gasteiger partial charge is 0.508 e. The van der Waals surface area contributed by atoms with E-state index in [1.165, 1.54) is 58.0 Å². The summed E-state index contributed by atoms with van der Waals surface area (Å²) in [4.78, 5) is 66.6. The first-order valence-electron chi connectivity index (χ1n) is 17.4. The lowest BCUT2D eigenvalue weighted by molar-refractivity contribution is -0.159. The third kappa shape index (κ3) is 9.93. The van der Waals surface area contributed by atoms with E-state index in [-0.39, 0.29) is 30.7 Å². The summed E-state index contributed by atoms with van der Waals surface area (Å²) in [5.74, 6) is -6.90. The van der Waals surface area contributed by atoms with E-state index in [2.05, 4.69) is 42.2 Å². The van der Waals surface area contributed by atoms with Crippen LogP contribution < -0.4 is 4.74 Å². The van der Waals surface area contributed by atoms with Crippen LogP contribution in [0.5, 0.6) is 11.5 Å². The Morgan fingerprint density at radius 1 is 0.750 bits per heavy atom. The Hall–Kier alpha value is -6.58. The molecule has 0 saturated carbocycles. The van der Waals surface area contributed by atoms with Gasteiger partial charge in [-0.2, -0.15) is 0 Å². The minimum atomic E-state index is -1.82. The van der Waals surface area contributed by atoms with Crippen LogP contribution in [0.2, 0.25) is 0 Å². The van der Waals surface area contributed by atoms with Crippen LogP contribution in [0, 0.1) is 6.92 Å². The molecule has 5 aromatic rings. The van der Waals surface area contributed by atoms with E-state index in [0.29, 0.717) is 16.9 Å². The molecule has 2 aliphatic heterocycles. The number of amides is 2. The lowest BCUT2D eigenvalue weighted by Crippen LogP contribution is -2.33. The van der Waals surface area contributed by atoms with Gasteiger partial charge in [0.05, 0.1) is 17.7 Å². The summed E-state index contributed by atoms with van der Waals surface area (Å²) in [7, 11) is 0. The number of hydrogen-bond acceptors (Lipinski definition) is 10. The molecular formula is C41H38N2O12S. The number of likely N-dealkylation sites (tertiary alicyclic amines) is 1. The molecule has 2 aliphatic rings. The molecular weight excluding hydrogens is 745 g/mol. The molecule has 0 aliphatic carbocycles. The van der Waals surface area contributed by atoms with Crippen LogP contribution in [0.4, 0.5) is 0 Å². The predicted octanol–water partition coefficient (Wildman–Crippen LogP) is 5.76. The second kappa shape index (κ2) is 18.2. The van der Waals surface area contributed by atoms with Gasteiger partial charge in [0.25, 0.3) is 11.8 Å². The molecule has 1 saturated heterocycles. The number of thiophene rings is 1. The third-order valence-electron chi connectivity index (χ3n) is 9.10. The van der Waals surface area contributed by atoms with E-state index in [0.717, 1.165) is 28.6 Å². The van der Waals surface area contributed by atoms with Gasteiger partial charge in [0.15, 0.2) is 0 Å². The van der Waals surface area contributed by atoms with E-state index in [1.807, 2.05) is 24.3 Å². The SMILES string of the molecule is Cc1cc(Cc2c(-c3ccc(OCCN4C(=O)c5ccccc5C4=O)cc3)sc3cc(O)ccc23)ccc1CN1CCCC1.O=C(O)C(=O)O.O=C(O)C(=O)O. The Kier molecular flexibility index (Phi) is 13.2. The maximum absolute atomic E-state index is 12.6. The number of hydrogen-bond donors (Lipinski definition) is 5. The van der Waals surface area contributed by atoms with Crippen molar-refractivity contribution in [3.05, 3.63) is 118 Å². The second-order valence-electron chi connectivity index (χ2n) is 12.9. The normalized spacial score (nSPS) is 13.3. The number of carboxylic acid groups (broad SMARTS) is 4. The smallest absolute Gasteiger partial charge is 0.414 e. The first-order chi connectivity index (χ1) is 26.7. The minimum Gasteiger partial charge on any atom is -0.508 e. The molecule has 14 nitrogen and oxygen atoms in total. The Morgan fingerprint density at radius 3 is 1.89 bits per heavy atom. The number of ether oxygens (including phenoxy) is 1. The van der Waals surface area contributed by atoms with E-state index in [9.17, 15) is 14.7 Å².